The zero-order valence-corrected chi connectivity index (χ0v) is 13.9. The maximum Gasteiger partial charge on any atom is 0.251 e. The molecule has 0 unspecified atom stereocenters. The fourth-order valence-electron chi connectivity index (χ4n) is 3.17. The second kappa shape index (κ2) is 7.51. The molecule has 1 fully saturated rings. The maximum atomic E-state index is 12.3. The van der Waals surface area contributed by atoms with Crippen molar-refractivity contribution in [3.63, 3.8) is 0 Å². The number of carbonyl (C=O) groups excluding carboxylic acids is 1. The molecule has 0 atom stereocenters. The van der Waals surface area contributed by atoms with Crippen LogP contribution < -0.4 is 11.1 Å². The van der Waals surface area contributed by atoms with Crippen molar-refractivity contribution >= 4 is 24.0 Å². The van der Waals surface area contributed by atoms with Crippen LogP contribution in [0.2, 0.25) is 0 Å². The van der Waals surface area contributed by atoms with Gasteiger partial charge in [0.25, 0.3) is 5.91 Å². The Kier molecular flexibility index (Phi) is 5.67. The molecule has 122 valence electrons. The van der Waals surface area contributed by atoms with E-state index in [2.05, 4.69) is 29.6 Å². The molecule has 0 bridgehead atoms. The van der Waals surface area contributed by atoms with Crippen molar-refractivity contribution in [3.8, 4) is 0 Å². The molecule has 0 radical (unpaired) electrons. The summed E-state index contributed by atoms with van der Waals surface area (Å²) in [7, 11) is 0. The topological polar surface area (TPSA) is 55.1 Å². The molecule has 0 aliphatic heterocycles. The Morgan fingerprint density at radius 2 is 1.83 bits per heavy atom. The lowest BCUT2D eigenvalue weighted by Crippen LogP contribution is -2.43. The first kappa shape index (κ1) is 17.4. The highest BCUT2D eigenvalue weighted by atomic mass is 35.5. The van der Waals surface area contributed by atoms with Gasteiger partial charge in [-0.1, -0.05) is 42.8 Å². The van der Waals surface area contributed by atoms with Gasteiger partial charge in [0.15, 0.2) is 0 Å². The average Bonchev–Trinajstić information content (AvgIpc) is 2.50. The number of hydrogen-bond acceptors (Lipinski definition) is 2. The van der Waals surface area contributed by atoms with Gasteiger partial charge < -0.3 is 11.1 Å². The fourth-order valence-corrected chi connectivity index (χ4v) is 3.17. The number of hydrogen-bond donors (Lipinski definition) is 2. The number of nitrogens with one attached hydrogen (secondary N) is 1. The summed E-state index contributed by atoms with van der Waals surface area (Å²) in [6.07, 6.45) is 4.64. The second-order valence-corrected chi connectivity index (χ2v) is 6.32. The number of rotatable bonds is 5. The van der Waals surface area contributed by atoms with E-state index in [4.69, 9.17) is 5.73 Å². The summed E-state index contributed by atoms with van der Waals surface area (Å²) in [6, 6.07) is 17.7. The zero-order chi connectivity index (χ0) is 15.4. The third-order valence-corrected chi connectivity index (χ3v) is 4.61. The first-order chi connectivity index (χ1) is 10.7. The molecule has 2 aromatic rings. The number of halogens is 1. The van der Waals surface area contributed by atoms with E-state index in [9.17, 15) is 4.79 Å². The van der Waals surface area contributed by atoms with E-state index in [0.29, 0.717) is 11.3 Å². The van der Waals surface area contributed by atoms with Gasteiger partial charge in [-0.25, -0.2) is 0 Å². The van der Waals surface area contributed by atoms with Gasteiger partial charge >= 0.3 is 0 Å². The highest BCUT2D eigenvalue weighted by molar-refractivity contribution is 5.95. The van der Waals surface area contributed by atoms with E-state index >= 15 is 0 Å². The molecule has 3 N–H and O–H groups in total. The van der Waals surface area contributed by atoms with Crippen molar-refractivity contribution in [2.45, 2.75) is 25.7 Å². The highest BCUT2D eigenvalue weighted by Gasteiger charge is 2.37. The predicted octanol–water partition coefficient (Wildman–Crippen LogP) is 3.83. The van der Waals surface area contributed by atoms with Crippen molar-refractivity contribution in [1.82, 2.24) is 5.32 Å². The van der Waals surface area contributed by atoms with Crippen molar-refractivity contribution in [2.75, 3.05) is 12.3 Å². The SMILES string of the molecule is Cl.Nc1cccc(C(=O)NCC2(Cc3ccccc3)CCC2)c1. The smallest absolute Gasteiger partial charge is 0.251 e. The van der Waals surface area contributed by atoms with Crippen LogP contribution >= 0.6 is 12.4 Å². The Morgan fingerprint density at radius 1 is 1.09 bits per heavy atom. The van der Waals surface area contributed by atoms with Crippen LogP contribution in [0.15, 0.2) is 54.6 Å². The molecule has 0 spiro atoms. The number of anilines is 1. The molecule has 1 saturated carbocycles. The number of carbonyl (C=O) groups is 1. The lowest BCUT2D eigenvalue weighted by atomic mass is 9.65. The van der Waals surface area contributed by atoms with E-state index < -0.39 is 0 Å². The largest absolute Gasteiger partial charge is 0.399 e. The van der Waals surface area contributed by atoms with Gasteiger partial charge in [-0.05, 0) is 48.4 Å². The summed E-state index contributed by atoms with van der Waals surface area (Å²) >= 11 is 0. The number of amides is 1. The molecule has 2 aromatic carbocycles. The molecule has 1 aliphatic rings. The van der Waals surface area contributed by atoms with E-state index in [0.717, 1.165) is 13.0 Å². The van der Waals surface area contributed by atoms with Gasteiger partial charge in [-0.3, -0.25) is 4.79 Å². The van der Waals surface area contributed by atoms with E-state index in [1.54, 1.807) is 18.2 Å². The zero-order valence-electron chi connectivity index (χ0n) is 13.1. The van der Waals surface area contributed by atoms with Crippen LogP contribution in [0.4, 0.5) is 5.69 Å². The molecule has 4 heteroatoms. The molecule has 0 saturated heterocycles. The summed E-state index contributed by atoms with van der Waals surface area (Å²) < 4.78 is 0. The molecule has 0 heterocycles. The molecular formula is C19H23ClN2O. The first-order valence-corrected chi connectivity index (χ1v) is 7.85. The summed E-state index contributed by atoms with van der Waals surface area (Å²) in [5.74, 6) is -0.0355. The number of nitrogen functional groups attached to an aromatic ring is 1. The summed E-state index contributed by atoms with van der Waals surface area (Å²) in [4.78, 5) is 12.3. The summed E-state index contributed by atoms with van der Waals surface area (Å²) in [6.45, 7) is 0.732. The van der Waals surface area contributed by atoms with Gasteiger partial charge in [0.2, 0.25) is 0 Å². The third-order valence-electron chi connectivity index (χ3n) is 4.61. The van der Waals surface area contributed by atoms with Gasteiger partial charge in [0.1, 0.15) is 0 Å². The van der Waals surface area contributed by atoms with E-state index in [1.807, 2.05) is 12.1 Å². The minimum absolute atomic E-state index is 0. The quantitative estimate of drug-likeness (QED) is 0.818. The molecular weight excluding hydrogens is 308 g/mol. The Labute approximate surface area is 143 Å². The van der Waals surface area contributed by atoms with Crippen LogP contribution in [0.1, 0.15) is 35.2 Å². The summed E-state index contributed by atoms with van der Waals surface area (Å²) in [5, 5.41) is 3.09. The maximum absolute atomic E-state index is 12.3. The fraction of sp³-hybridized carbons (Fsp3) is 0.316. The van der Waals surface area contributed by atoms with Crippen molar-refractivity contribution in [3.05, 3.63) is 65.7 Å². The lowest BCUT2D eigenvalue weighted by Gasteiger charge is -2.42. The Hall–Kier alpha value is -2.00. The number of benzene rings is 2. The van der Waals surface area contributed by atoms with Crippen LogP contribution in [-0.4, -0.2) is 12.5 Å². The predicted molar refractivity (Wildman–Crippen MR) is 96.9 cm³/mol. The Balaban J connectivity index is 0.00000192. The van der Waals surface area contributed by atoms with Crippen molar-refractivity contribution in [1.29, 1.82) is 0 Å². The lowest BCUT2D eigenvalue weighted by molar-refractivity contribution is 0.0859. The second-order valence-electron chi connectivity index (χ2n) is 6.32. The average molecular weight is 331 g/mol. The van der Waals surface area contributed by atoms with Crippen LogP contribution in [-0.2, 0) is 6.42 Å². The molecule has 3 nitrogen and oxygen atoms in total. The van der Waals surface area contributed by atoms with E-state index in [-0.39, 0.29) is 23.7 Å². The number of nitrogens with two attached hydrogens (primary N) is 1. The monoisotopic (exact) mass is 330 g/mol. The minimum atomic E-state index is -0.0355. The molecule has 0 aromatic heterocycles. The van der Waals surface area contributed by atoms with Crippen LogP contribution in [0.3, 0.4) is 0 Å². The molecule has 3 rings (SSSR count). The Bertz CT molecular complexity index is 653. The van der Waals surface area contributed by atoms with Crippen LogP contribution in [0.25, 0.3) is 0 Å². The van der Waals surface area contributed by atoms with Gasteiger partial charge in [-0.15, -0.1) is 12.4 Å². The third kappa shape index (κ3) is 4.26. The van der Waals surface area contributed by atoms with Crippen LogP contribution in [0, 0.1) is 5.41 Å². The first-order valence-electron chi connectivity index (χ1n) is 7.85. The minimum Gasteiger partial charge on any atom is -0.399 e. The molecule has 1 amide bonds. The van der Waals surface area contributed by atoms with Gasteiger partial charge in [-0.2, -0.15) is 0 Å². The van der Waals surface area contributed by atoms with Crippen molar-refractivity contribution in [2.24, 2.45) is 5.41 Å². The standard InChI is InChI=1S/C19H22N2O.ClH/c20-17-9-4-8-16(12-17)18(22)21-14-19(10-5-11-19)13-15-6-2-1-3-7-15;/h1-4,6-9,12H,5,10-11,13-14,20H2,(H,21,22);1H. The van der Waals surface area contributed by atoms with Gasteiger partial charge in [0, 0.05) is 17.8 Å². The summed E-state index contributed by atoms with van der Waals surface area (Å²) in [5.41, 5.74) is 8.56. The normalized spacial score (nSPS) is 15.1. The van der Waals surface area contributed by atoms with Crippen molar-refractivity contribution < 1.29 is 4.79 Å². The van der Waals surface area contributed by atoms with Crippen LogP contribution in [0.5, 0.6) is 0 Å². The molecule has 1 aliphatic carbocycles. The molecule has 23 heavy (non-hydrogen) atoms. The highest BCUT2D eigenvalue weighted by Crippen LogP contribution is 2.43. The van der Waals surface area contributed by atoms with Gasteiger partial charge in [0.05, 0.1) is 0 Å². The Morgan fingerprint density at radius 3 is 2.43 bits per heavy atom. The van der Waals surface area contributed by atoms with E-state index in [1.165, 1.54) is 24.8 Å².